The smallest absolute Gasteiger partial charge is 0.247 e. The number of aliphatic hydroxyl groups is 1. The van der Waals surface area contributed by atoms with E-state index in [1.165, 1.54) is 5.56 Å². The predicted octanol–water partition coefficient (Wildman–Crippen LogP) is 2.72. The van der Waals surface area contributed by atoms with Crippen LogP contribution in [0.25, 0.3) is 0 Å². The van der Waals surface area contributed by atoms with Gasteiger partial charge in [-0.15, -0.1) is 0 Å². The van der Waals surface area contributed by atoms with E-state index in [1.807, 2.05) is 12.1 Å². The molecule has 0 spiro atoms. The topological polar surface area (TPSA) is 133 Å². The van der Waals surface area contributed by atoms with E-state index < -0.39 is 12.1 Å². The van der Waals surface area contributed by atoms with Gasteiger partial charge in [-0.3, -0.25) is 9.59 Å². The second-order valence-electron chi connectivity index (χ2n) is 9.35. The largest absolute Gasteiger partial charge is 0.412 e. The molecule has 1 aromatic rings. The number of hydrogen-bond donors (Lipinski definition) is 2. The molecule has 7 nitrogen and oxygen atoms in total. The van der Waals surface area contributed by atoms with Crippen molar-refractivity contribution in [2.45, 2.75) is 78.4 Å². The van der Waals surface area contributed by atoms with Crippen LogP contribution in [0, 0.1) is 11.3 Å². The van der Waals surface area contributed by atoms with Gasteiger partial charge in [-0.2, -0.15) is 0 Å². The van der Waals surface area contributed by atoms with Crippen molar-refractivity contribution in [1.82, 2.24) is 10.2 Å². The third-order valence-electron chi connectivity index (χ3n) is 6.59. The first-order valence-corrected chi connectivity index (χ1v) is 11.1. The quantitative estimate of drug-likeness (QED) is 0.682. The number of carbonyl (C=O) groups excluding carboxylic acids is 2. The summed E-state index contributed by atoms with van der Waals surface area (Å²) >= 11 is 6.03. The number of aliphatic hydroxyl groups excluding tert-OH is 1. The molecular formula is C24H41ClN2O5. The van der Waals surface area contributed by atoms with E-state index in [0.717, 1.165) is 37.1 Å². The second-order valence-corrected chi connectivity index (χ2v) is 9.79. The lowest BCUT2D eigenvalue weighted by molar-refractivity contribution is -0.143. The van der Waals surface area contributed by atoms with Crippen LogP contribution in [0.3, 0.4) is 0 Å². The van der Waals surface area contributed by atoms with Gasteiger partial charge in [0.2, 0.25) is 11.8 Å². The summed E-state index contributed by atoms with van der Waals surface area (Å²) in [5.41, 5.74) is 1.11. The van der Waals surface area contributed by atoms with Crippen LogP contribution in [-0.4, -0.2) is 58.0 Å². The van der Waals surface area contributed by atoms with Gasteiger partial charge in [0.25, 0.3) is 0 Å². The highest BCUT2D eigenvalue weighted by atomic mass is 35.5. The molecule has 1 aliphatic carbocycles. The van der Waals surface area contributed by atoms with E-state index in [0.29, 0.717) is 19.0 Å². The van der Waals surface area contributed by atoms with Crippen LogP contribution in [0.15, 0.2) is 24.3 Å². The number of amides is 2. The first-order valence-electron chi connectivity index (χ1n) is 10.7. The molecular weight excluding hydrogens is 432 g/mol. The molecule has 32 heavy (non-hydrogen) atoms. The Morgan fingerprint density at radius 2 is 1.69 bits per heavy atom. The molecule has 2 fully saturated rings. The number of benzene rings is 1. The lowest BCUT2D eigenvalue weighted by Crippen LogP contribution is -2.58. The summed E-state index contributed by atoms with van der Waals surface area (Å²) in [7, 11) is 0. The summed E-state index contributed by atoms with van der Waals surface area (Å²) in [6.45, 7) is 7.10. The zero-order valence-electron chi connectivity index (χ0n) is 18.7. The molecule has 1 saturated carbocycles. The highest BCUT2D eigenvalue weighted by Gasteiger charge is 2.41. The van der Waals surface area contributed by atoms with Gasteiger partial charge in [0.15, 0.2) is 0 Å². The van der Waals surface area contributed by atoms with E-state index in [1.54, 1.807) is 11.8 Å². The van der Waals surface area contributed by atoms with Gasteiger partial charge in [0, 0.05) is 24.0 Å². The molecule has 184 valence electrons. The molecule has 1 aromatic carbocycles. The van der Waals surface area contributed by atoms with Gasteiger partial charge in [-0.05, 0) is 55.2 Å². The molecule has 1 aliphatic heterocycles. The molecule has 3 atom stereocenters. The van der Waals surface area contributed by atoms with Crippen LogP contribution in [0.1, 0.15) is 71.8 Å². The van der Waals surface area contributed by atoms with Gasteiger partial charge >= 0.3 is 0 Å². The first kappa shape index (κ1) is 30.3. The van der Waals surface area contributed by atoms with Crippen molar-refractivity contribution in [3.63, 3.8) is 0 Å². The zero-order chi connectivity index (χ0) is 21.2. The van der Waals surface area contributed by atoms with E-state index in [2.05, 4.69) is 31.3 Å². The summed E-state index contributed by atoms with van der Waals surface area (Å²) in [5, 5.41) is 13.8. The minimum Gasteiger partial charge on any atom is -0.412 e. The SMILES string of the molecule is C.CC(O)[C@@H](NC(=O)C1CCCC1)C(=O)N1CCC(c2ccc(Cl)cc2)C(C)(C)C1.O.O. The minimum atomic E-state index is -0.926. The molecule has 8 heteroatoms. The Bertz CT molecular complexity index is 732. The highest BCUT2D eigenvalue weighted by molar-refractivity contribution is 6.30. The third kappa shape index (κ3) is 6.91. The summed E-state index contributed by atoms with van der Waals surface area (Å²) in [4.78, 5) is 27.5. The molecule has 0 bridgehead atoms. The lowest BCUT2D eigenvalue weighted by atomic mass is 9.70. The van der Waals surface area contributed by atoms with Crippen LogP contribution in [0.2, 0.25) is 5.02 Å². The third-order valence-corrected chi connectivity index (χ3v) is 6.84. The molecule has 2 aliphatic rings. The maximum absolute atomic E-state index is 13.2. The van der Waals surface area contributed by atoms with Crippen molar-refractivity contribution in [2.75, 3.05) is 13.1 Å². The van der Waals surface area contributed by atoms with Crippen LogP contribution >= 0.6 is 11.6 Å². The Labute approximate surface area is 197 Å². The van der Waals surface area contributed by atoms with E-state index >= 15 is 0 Å². The number of rotatable bonds is 5. The number of piperidine rings is 1. The number of nitrogens with zero attached hydrogens (tertiary/aromatic N) is 1. The Morgan fingerprint density at radius 1 is 1.12 bits per heavy atom. The summed E-state index contributed by atoms with van der Waals surface area (Å²) < 4.78 is 0. The Balaban J connectivity index is 0.00000320. The fourth-order valence-electron chi connectivity index (χ4n) is 4.90. The Morgan fingerprint density at radius 3 is 2.19 bits per heavy atom. The van der Waals surface area contributed by atoms with Gasteiger partial charge < -0.3 is 26.3 Å². The van der Waals surface area contributed by atoms with Gasteiger partial charge in [0.1, 0.15) is 6.04 Å². The van der Waals surface area contributed by atoms with Crippen LogP contribution in [0.5, 0.6) is 0 Å². The minimum absolute atomic E-state index is 0. The van der Waals surface area contributed by atoms with Crippen molar-refractivity contribution < 1.29 is 25.6 Å². The van der Waals surface area contributed by atoms with Crippen molar-refractivity contribution >= 4 is 23.4 Å². The van der Waals surface area contributed by atoms with Crippen molar-refractivity contribution in [1.29, 1.82) is 0 Å². The molecule has 6 N–H and O–H groups in total. The van der Waals surface area contributed by atoms with Crippen LogP contribution in [-0.2, 0) is 9.59 Å². The monoisotopic (exact) mass is 472 g/mol. The van der Waals surface area contributed by atoms with E-state index in [4.69, 9.17) is 11.6 Å². The molecule has 1 heterocycles. The second kappa shape index (κ2) is 12.5. The summed E-state index contributed by atoms with van der Waals surface area (Å²) in [5.74, 6) is 0.00377. The lowest BCUT2D eigenvalue weighted by Gasteiger charge is -2.45. The van der Waals surface area contributed by atoms with Crippen LogP contribution in [0.4, 0.5) is 0 Å². The summed E-state index contributed by atoms with van der Waals surface area (Å²) in [6.07, 6.45) is 3.75. The van der Waals surface area contributed by atoms with Gasteiger partial charge in [-0.1, -0.05) is 57.8 Å². The number of likely N-dealkylation sites (tertiary alicyclic amines) is 1. The zero-order valence-corrected chi connectivity index (χ0v) is 19.4. The highest BCUT2D eigenvalue weighted by Crippen LogP contribution is 2.42. The fraction of sp³-hybridized carbons (Fsp3) is 0.667. The average molecular weight is 473 g/mol. The molecule has 3 rings (SSSR count). The normalized spacial score (nSPS) is 21.9. The van der Waals surface area contributed by atoms with Crippen molar-refractivity contribution in [3.8, 4) is 0 Å². The van der Waals surface area contributed by atoms with Crippen LogP contribution < -0.4 is 5.32 Å². The Kier molecular flexibility index (Phi) is 11.9. The fourth-order valence-corrected chi connectivity index (χ4v) is 5.03. The van der Waals surface area contributed by atoms with E-state index in [-0.39, 0.29) is 41.5 Å². The summed E-state index contributed by atoms with van der Waals surface area (Å²) in [6, 6.07) is 7.06. The standard InChI is InChI=1S/C23H33ClN2O3.CH4.2H2O/c1-15(27)20(25-21(28)17-6-4-5-7-17)22(29)26-13-12-19(23(2,3)14-26)16-8-10-18(24)11-9-16;;;/h8-11,15,17,19-20,27H,4-7,12-14H2,1-3H3,(H,25,28);1H4;2*1H2/t15?,19?,20-;;;/m1.../s1. The predicted molar refractivity (Wildman–Crippen MR) is 129 cm³/mol. The number of carbonyl (C=O) groups is 2. The van der Waals surface area contributed by atoms with Crippen molar-refractivity contribution in [3.05, 3.63) is 34.9 Å². The maximum Gasteiger partial charge on any atom is 0.247 e. The van der Waals surface area contributed by atoms with Gasteiger partial charge in [-0.25, -0.2) is 0 Å². The molecule has 2 amide bonds. The number of halogens is 1. The molecule has 2 unspecified atom stereocenters. The molecule has 1 saturated heterocycles. The number of hydrogen-bond acceptors (Lipinski definition) is 3. The number of nitrogens with one attached hydrogen (secondary N) is 1. The first-order chi connectivity index (χ1) is 13.7. The Hall–Kier alpha value is -1.67. The molecule has 0 radical (unpaired) electrons. The maximum atomic E-state index is 13.2. The molecule has 0 aromatic heterocycles. The van der Waals surface area contributed by atoms with Gasteiger partial charge in [0.05, 0.1) is 6.10 Å². The van der Waals surface area contributed by atoms with Crippen molar-refractivity contribution in [2.24, 2.45) is 11.3 Å². The van der Waals surface area contributed by atoms with E-state index in [9.17, 15) is 14.7 Å². The average Bonchev–Trinajstić information content (AvgIpc) is 3.20.